The molecule has 0 aromatic heterocycles. The fourth-order valence-electron chi connectivity index (χ4n) is 1.85. The maximum absolute atomic E-state index is 2.52. The molecule has 1 aliphatic heterocycles. The molecule has 0 aliphatic carbocycles. The summed E-state index contributed by atoms with van der Waals surface area (Å²) < 4.78 is 0. The van der Waals surface area contributed by atoms with E-state index in [2.05, 4.69) is 47.2 Å². The first-order valence-corrected chi connectivity index (χ1v) is 7.29. The molecule has 1 fully saturated rings. The van der Waals surface area contributed by atoms with Crippen LogP contribution in [0, 0.1) is 0 Å². The van der Waals surface area contributed by atoms with Gasteiger partial charge in [-0.3, -0.25) is 4.90 Å². The van der Waals surface area contributed by atoms with Crippen LogP contribution >= 0.6 is 0 Å². The molecule has 18 heavy (non-hydrogen) atoms. The van der Waals surface area contributed by atoms with Gasteiger partial charge in [0, 0.05) is 32.7 Å². The summed E-state index contributed by atoms with van der Waals surface area (Å²) in [6.07, 6.45) is 0. The van der Waals surface area contributed by atoms with Crippen LogP contribution in [0.4, 0.5) is 0 Å². The molecular weight excluding hydrogens is 220 g/mol. The normalized spacial score (nSPS) is 16.1. The van der Waals surface area contributed by atoms with Gasteiger partial charge in [0.25, 0.3) is 0 Å². The third kappa shape index (κ3) is 6.77. The van der Waals surface area contributed by atoms with Crippen molar-refractivity contribution in [1.29, 1.82) is 0 Å². The van der Waals surface area contributed by atoms with Crippen molar-refractivity contribution in [2.24, 2.45) is 0 Å². The first-order chi connectivity index (χ1) is 8.84. The van der Waals surface area contributed by atoms with E-state index in [1.807, 2.05) is 27.7 Å². The summed E-state index contributed by atoms with van der Waals surface area (Å²) in [7, 11) is 2.19. The number of nitrogens with zero attached hydrogens (tertiary/aromatic N) is 2. The van der Waals surface area contributed by atoms with Crippen molar-refractivity contribution >= 4 is 0 Å². The summed E-state index contributed by atoms with van der Waals surface area (Å²) in [6, 6.07) is 10.7. The van der Waals surface area contributed by atoms with E-state index >= 15 is 0 Å². The summed E-state index contributed by atoms with van der Waals surface area (Å²) in [4.78, 5) is 4.91. The van der Waals surface area contributed by atoms with E-state index in [0.29, 0.717) is 0 Å². The number of benzene rings is 1. The Hall–Kier alpha value is -0.860. The van der Waals surface area contributed by atoms with Gasteiger partial charge in [0.1, 0.15) is 0 Å². The molecule has 0 spiro atoms. The van der Waals surface area contributed by atoms with Crippen LogP contribution in [0.1, 0.15) is 33.3 Å². The monoisotopic (exact) mass is 250 g/mol. The number of likely N-dealkylation sites (N-methyl/N-ethyl adjacent to an activating group) is 1. The van der Waals surface area contributed by atoms with Crippen LogP contribution in [0.5, 0.6) is 0 Å². The molecule has 2 nitrogen and oxygen atoms in total. The quantitative estimate of drug-likeness (QED) is 0.793. The molecule has 2 rings (SSSR count). The Morgan fingerprint density at radius 2 is 1.33 bits per heavy atom. The van der Waals surface area contributed by atoms with Gasteiger partial charge in [-0.2, -0.15) is 0 Å². The third-order valence-electron chi connectivity index (χ3n) is 2.84. The SMILES string of the molecule is CC.CC.CN1CCN(Cc2ccccc2)CC1. The van der Waals surface area contributed by atoms with Gasteiger partial charge >= 0.3 is 0 Å². The fraction of sp³-hybridized carbons (Fsp3) is 0.625. The van der Waals surface area contributed by atoms with Gasteiger partial charge in [0.15, 0.2) is 0 Å². The zero-order valence-electron chi connectivity index (χ0n) is 12.8. The fourth-order valence-corrected chi connectivity index (χ4v) is 1.85. The lowest BCUT2D eigenvalue weighted by Crippen LogP contribution is -2.43. The summed E-state index contributed by atoms with van der Waals surface area (Å²) in [5, 5.41) is 0. The van der Waals surface area contributed by atoms with E-state index in [1.165, 1.54) is 31.7 Å². The standard InChI is InChI=1S/C12H18N2.2C2H6/c1-13-7-9-14(10-8-13)11-12-5-3-2-4-6-12;2*1-2/h2-6H,7-11H2,1H3;2*1-2H3. The average molecular weight is 250 g/mol. The van der Waals surface area contributed by atoms with Crippen LogP contribution in [-0.2, 0) is 6.54 Å². The molecule has 104 valence electrons. The Labute approximate surface area is 114 Å². The Morgan fingerprint density at radius 1 is 0.833 bits per heavy atom. The van der Waals surface area contributed by atoms with Gasteiger partial charge in [-0.15, -0.1) is 0 Å². The van der Waals surface area contributed by atoms with E-state index in [9.17, 15) is 0 Å². The predicted molar refractivity (Wildman–Crippen MR) is 81.9 cm³/mol. The lowest BCUT2D eigenvalue weighted by atomic mass is 10.2. The second-order valence-corrected chi connectivity index (χ2v) is 4.07. The van der Waals surface area contributed by atoms with Crippen molar-refractivity contribution < 1.29 is 0 Å². The summed E-state index contributed by atoms with van der Waals surface area (Å²) in [5.74, 6) is 0. The van der Waals surface area contributed by atoms with Crippen LogP contribution < -0.4 is 0 Å². The Kier molecular flexibility index (Phi) is 10.7. The molecule has 0 unspecified atom stereocenters. The van der Waals surface area contributed by atoms with E-state index in [-0.39, 0.29) is 0 Å². The molecular formula is C16H30N2. The minimum atomic E-state index is 1.11. The Bertz CT molecular complexity index is 264. The van der Waals surface area contributed by atoms with Crippen molar-refractivity contribution in [3.05, 3.63) is 35.9 Å². The highest BCUT2D eigenvalue weighted by Gasteiger charge is 2.13. The van der Waals surface area contributed by atoms with Crippen molar-refractivity contribution in [2.75, 3.05) is 33.2 Å². The molecule has 1 heterocycles. The molecule has 1 aliphatic rings. The predicted octanol–water partition coefficient (Wildman–Crippen LogP) is 3.49. The second kappa shape index (κ2) is 11.2. The molecule has 1 saturated heterocycles. The minimum absolute atomic E-state index is 1.11. The highest BCUT2D eigenvalue weighted by Crippen LogP contribution is 2.06. The van der Waals surface area contributed by atoms with E-state index < -0.39 is 0 Å². The molecule has 0 saturated carbocycles. The number of hydrogen-bond donors (Lipinski definition) is 0. The molecule has 2 heteroatoms. The van der Waals surface area contributed by atoms with Gasteiger partial charge in [-0.25, -0.2) is 0 Å². The van der Waals surface area contributed by atoms with Crippen LogP contribution in [0.3, 0.4) is 0 Å². The average Bonchev–Trinajstić information content (AvgIpc) is 2.47. The number of rotatable bonds is 2. The lowest BCUT2D eigenvalue weighted by molar-refractivity contribution is 0.148. The maximum atomic E-state index is 2.52. The zero-order chi connectivity index (χ0) is 13.8. The topological polar surface area (TPSA) is 6.48 Å². The van der Waals surface area contributed by atoms with Gasteiger partial charge in [-0.05, 0) is 12.6 Å². The van der Waals surface area contributed by atoms with E-state index in [4.69, 9.17) is 0 Å². The van der Waals surface area contributed by atoms with Crippen molar-refractivity contribution in [3.8, 4) is 0 Å². The molecule has 0 amide bonds. The molecule has 0 N–H and O–H groups in total. The number of hydrogen-bond acceptors (Lipinski definition) is 2. The van der Waals surface area contributed by atoms with E-state index in [1.54, 1.807) is 0 Å². The smallest absolute Gasteiger partial charge is 0.0234 e. The number of piperazine rings is 1. The molecule has 1 aromatic carbocycles. The van der Waals surface area contributed by atoms with Gasteiger partial charge in [0.2, 0.25) is 0 Å². The van der Waals surface area contributed by atoms with Crippen molar-refractivity contribution in [2.45, 2.75) is 34.2 Å². The van der Waals surface area contributed by atoms with Gasteiger partial charge < -0.3 is 4.90 Å². The van der Waals surface area contributed by atoms with Crippen LogP contribution in [0.2, 0.25) is 0 Å². The van der Waals surface area contributed by atoms with E-state index in [0.717, 1.165) is 6.54 Å². The summed E-state index contributed by atoms with van der Waals surface area (Å²) in [5.41, 5.74) is 1.43. The zero-order valence-corrected chi connectivity index (χ0v) is 12.8. The highest BCUT2D eigenvalue weighted by atomic mass is 15.2. The maximum Gasteiger partial charge on any atom is 0.0234 e. The lowest BCUT2D eigenvalue weighted by Gasteiger charge is -2.32. The third-order valence-corrected chi connectivity index (χ3v) is 2.84. The van der Waals surface area contributed by atoms with Gasteiger partial charge in [0.05, 0.1) is 0 Å². The van der Waals surface area contributed by atoms with Crippen molar-refractivity contribution in [3.63, 3.8) is 0 Å². The summed E-state index contributed by atoms with van der Waals surface area (Å²) >= 11 is 0. The van der Waals surface area contributed by atoms with Crippen LogP contribution in [0.15, 0.2) is 30.3 Å². The van der Waals surface area contributed by atoms with Crippen LogP contribution in [-0.4, -0.2) is 43.0 Å². The van der Waals surface area contributed by atoms with Crippen molar-refractivity contribution in [1.82, 2.24) is 9.80 Å². The highest BCUT2D eigenvalue weighted by molar-refractivity contribution is 5.14. The Morgan fingerprint density at radius 3 is 1.83 bits per heavy atom. The molecule has 1 aromatic rings. The molecule has 0 radical (unpaired) electrons. The van der Waals surface area contributed by atoms with Crippen LogP contribution in [0.25, 0.3) is 0 Å². The van der Waals surface area contributed by atoms with Gasteiger partial charge in [-0.1, -0.05) is 58.0 Å². The first-order valence-electron chi connectivity index (χ1n) is 7.29. The second-order valence-electron chi connectivity index (χ2n) is 4.07. The molecule has 0 bridgehead atoms. The Balaban J connectivity index is 0.000000659. The molecule has 0 atom stereocenters. The first kappa shape index (κ1) is 17.1. The minimum Gasteiger partial charge on any atom is -0.304 e. The largest absolute Gasteiger partial charge is 0.304 e. The summed E-state index contributed by atoms with van der Waals surface area (Å²) in [6.45, 7) is 13.9.